The van der Waals surface area contributed by atoms with E-state index in [2.05, 4.69) is 6.92 Å². The quantitative estimate of drug-likeness (QED) is 0.500. The maximum Gasteiger partial charge on any atom is 0.261 e. The van der Waals surface area contributed by atoms with E-state index in [0.29, 0.717) is 37.0 Å². The van der Waals surface area contributed by atoms with Gasteiger partial charge in [0.05, 0.1) is 16.5 Å². The standard InChI is InChI=1S/C23H22N4O2S/c1-15-16(2)30-23(26-10-5-6-11-26)20(15)22(29)25-12-9-19-24-18-8-4-3-7-17(18)21(28)27(19)14-13-25/h3-8,10-11H,9,12-14H2,1-2H3. The molecule has 0 fully saturated rings. The molecule has 7 heteroatoms. The predicted molar refractivity (Wildman–Crippen MR) is 119 cm³/mol. The van der Waals surface area contributed by atoms with Gasteiger partial charge in [-0.15, -0.1) is 11.3 Å². The van der Waals surface area contributed by atoms with Gasteiger partial charge in [-0.05, 0) is 43.7 Å². The number of thiophene rings is 1. The van der Waals surface area contributed by atoms with E-state index in [1.165, 1.54) is 0 Å². The van der Waals surface area contributed by atoms with Crippen LogP contribution in [-0.2, 0) is 13.0 Å². The van der Waals surface area contributed by atoms with Gasteiger partial charge in [-0.1, -0.05) is 12.1 Å². The minimum Gasteiger partial charge on any atom is -0.336 e. The fourth-order valence-electron chi connectivity index (χ4n) is 4.08. The molecule has 0 aliphatic carbocycles. The zero-order chi connectivity index (χ0) is 20.8. The van der Waals surface area contributed by atoms with Crippen LogP contribution in [0.3, 0.4) is 0 Å². The Hall–Kier alpha value is -3.19. The van der Waals surface area contributed by atoms with Crippen molar-refractivity contribution in [2.75, 3.05) is 13.1 Å². The molecule has 0 saturated carbocycles. The largest absolute Gasteiger partial charge is 0.336 e. The first kappa shape index (κ1) is 18.8. The number of rotatable bonds is 2. The lowest BCUT2D eigenvalue weighted by Gasteiger charge is -2.21. The van der Waals surface area contributed by atoms with Crippen molar-refractivity contribution in [3.05, 3.63) is 81.0 Å². The number of carbonyl (C=O) groups is 1. The molecule has 0 bridgehead atoms. The van der Waals surface area contributed by atoms with E-state index < -0.39 is 0 Å². The highest BCUT2D eigenvalue weighted by Crippen LogP contribution is 2.32. The minimum absolute atomic E-state index is 0.0194. The van der Waals surface area contributed by atoms with Crippen LogP contribution in [0.1, 0.15) is 26.6 Å². The molecule has 5 rings (SSSR count). The van der Waals surface area contributed by atoms with Crippen LogP contribution in [0.2, 0.25) is 0 Å². The lowest BCUT2D eigenvalue weighted by molar-refractivity contribution is 0.0759. The van der Waals surface area contributed by atoms with Gasteiger partial charge in [0.25, 0.3) is 11.5 Å². The van der Waals surface area contributed by atoms with Crippen LogP contribution < -0.4 is 5.56 Å². The molecule has 4 aromatic rings. The van der Waals surface area contributed by atoms with E-state index >= 15 is 0 Å². The molecule has 0 atom stereocenters. The Bertz CT molecular complexity index is 1320. The number of amides is 1. The zero-order valence-electron chi connectivity index (χ0n) is 17.0. The molecule has 3 aromatic heterocycles. The van der Waals surface area contributed by atoms with Crippen molar-refractivity contribution in [3.63, 3.8) is 0 Å². The van der Waals surface area contributed by atoms with Gasteiger partial charge in [0.15, 0.2) is 0 Å². The first-order valence-electron chi connectivity index (χ1n) is 10.1. The first-order valence-corrected chi connectivity index (χ1v) is 10.9. The SMILES string of the molecule is Cc1sc(-n2cccc2)c(C(=O)N2CCc3nc4ccccc4c(=O)n3CC2)c1C. The predicted octanol–water partition coefficient (Wildman–Crippen LogP) is 3.56. The maximum absolute atomic E-state index is 13.6. The number of hydrogen-bond donors (Lipinski definition) is 0. The van der Waals surface area contributed by atoms with Gasteiger partial charge in [0, 0.05) is 43.3 Å². The first-order chi connectivity index (χ1) is 14.5. The lowest BCUT2D eigenvalue weighted by atomic mass is 10.1. The molecule has 152 valence electrons. The molecule has 4 heterocycles. The van der Waals surface area contributed by atoms with Gasteiger partial charge in [0.1, 0.15) is 10.8 Å². The van der Waals surface area contributed by atoms with Crippen molar-refractivity contribution in [2.45, 2.75) is 26.8 Å². The Balaban J connectivity index is 1.50. The van der Waals surface area contributed by atoms with Gasteiger partial charge in [-0.2, -0.15) is 0 Å². The molecule has 0 N–H and O–H groups in total. The Morgan fingerprint density at radius 3 is 2.60 bits per heavy atom. The van der Waals surface area contributed by atoms with Gasteiger partial charge < -0.3 is 9.47 Å². The number of aromatic nitrogens is 3. The van der Waals surface area contributed by atoms with Gasteiger partial charge in [0.2, 0.25) is 0 Å². The van der Waals surface area contributed by atoms with E-state index in [1.807, 2.05) is 65.2 Å². The fraction of sp³-hybridized carbons (Fsp3) is 0.261. The summed E-state index contributed by atoms with van der Waals surface area (Å²) in [7, 11) is 0. The summed E-state index contributed by atoms with van der Waals surface area (Å²) in [6.45, 7) is 5.56. The molecular formula is C23H22N4O2S. The lowest BCUT2D eigenvalue weighted by Crippen LogP contribution is -2.35. The number of aryl methyl sites for hydroxylation is 1. The molecule has 1 aromatic carbocycles. The summed E-state index contributed by atoms with van der Waals surface area (Å²) in [5.41, 5.74) is 2.47. The second kappa shape index (κ2) is 7.25. The van der Waals surface area contributed by atoms with Crippen LogP contribution in [0.25, 0.3) is 15.9 Å². The zero-order valence-corrected chi connectivity index (χ0v) is 17.8. The number of hydrogen-bond acceptors (Lipinski definition) is 4. The van der Waals surface area contributed by atoms with Gasteiger partial charge >= 0.3 is 0 Å². The second-order valence-electron chi connectivity index (χ2n) is 7.60. The third kappa shape index (κ3) is 2.97. The van der Waals surface area contributed by atoms with Crippen LogP contribution in [0.15, 0.2) is 53.6 Å². The number of nitrogens with zero attached hydrogens (tertiary/aromatic N) is 4. The van der Waals surface area contributed by atoms with Gasteiger partial charge in [-0.25, -0.2) is 4.98 Å². The molecule has 0 radical (unpaired) electrons. The highest BCUT2D eigenvalue weighted by Gasteiger charge is 2.27. The summed E-state index contributed by atoms with van der Waals surface area (Å²) in [5.74, 6) is 0.767. The molecule has 1 aliphatic rings. The van der Waals surface area contributed by atoms with Crippen molar-refractivity contribution < 1.29 is 4.79 Å². The van der Waals surface area contributed by atoms with E-state index in [9.17, 15) is 9.59 Å². The van der Waals surface area contributed by atoms with Crippen LogP contribution >= 0.6 is 11.3 Å². The fourth-order valence-corrected chi connectivity index (χ4v) is 5.19. The maximum atomic E-state index is 13.6. The van der Waals surface area contributed by atoms with Crippen molar-refractivity contribution in [1.82, 2.24) is 19.0 Å². The van der Waals surface area contributed by atoms with Crippen molar-refractivity contribution in [2.24, 2.45) is 0 Å². The molecule has 0 unspecified atom stereocenters. The molecule has 6 nitrogen and oxygen atoms in total. The van der Waals surface area contributed by atoms with E-state index in [0.717, 1.165) is 26.8 Å². The normalized spacial score (nSPS) is 14.0. The Kier molecular flexibility index (Phi) is 4.55. The molecule has 1 amide bonds. The Morgan fingerprint density at radius 1 is 1.03 bits per heavy atom. The smallest absolute Gasteiger partial charge is 0.261 e. The summed E-state index contributed by atoms with van der Waals surface area (Å²) in [6.07, 6.45) is 4.50. The monoisotopic (exact) mass is 418 g/mol. The van der Waals surface area contributed by atoms with Crippen LogP contribution in [-0.4, -0.2) is 38.0 Å². The summed E-state index contributed by atoms with van der Waals surface area (Å²) in [5, 5.41) is 1.57. The van der Waals surface area contributed by atoms with Crippen molar-refractivity contribution in [1.29, 1.82) is 0 Å². The van der Waals surface area contributed by atoms with Crippen LogP contribution in [0.4, 0.5) is 0 Å². The highest BCUT2D eigenvalue weighted by atomic mass is 32.1. The molecule has 1 aliphatic heterocycles. The summed E-state index contributed by atoms with van der Waals surface area (Å²) in [4.78, 5) is 34.3. The average molecular weight is 419 g/mol. The number of carbonyl (C=O) groups excluding carboxylic acids is 1. The van der Waals surface area contributed by atoms with E-state index in [1.54, 1.807) is 15.9 Å². The topological polar surface area (TPSA) is 60.1 Å². The Labute approximate surface area is 178 Å². The van der Waals surface area contributed by atoms with Crippen LogP contribution in [0.5, 0.6) is 0 Å². The van der Waals surface area contributed by atoms with Crippen molar-refractivity contribution >= 4 is 28.1 Å². The van der Waals surface area contributed by atoms with Crippen molar-refractivity contribution in [3.8, 4) is 5.00 Å². The summed E-state index contributed by atoms with van der Waals surface area (Å²) >= 11 is 1.64. The molecule has 30 heavy (non-hydrogen) atoms. The summed E-state index contributed by atoms with van der Waals surface area (Å²) in [6, 6.07) is 11.4. The second-order valence-corrected chi connectivity index (χ2v) is 8.80. The summed E-state index contributed by atoms with van der Waals surface area (Å²) < 4.78 is 3.73. The average Bonchev–Trinajstić information content (AvgIpc) is 3.31. The highest BCUT2D eigenvalue weighted by molar-refractivity contribution is 7.15. The third-order valence-corrected chi connectivity index (χ3v) is 7.07. The van der Waals surface area contributed by atoms with Crippen LogP contribution in [0, 0.1) is 13.8 Å². The molecule has 0 saturated heterocycles. The minimum atomic E-state index is -0.0273. The third-order valence-electron chi connectivity index (χ3n) is 5.85. The number of para-hydroxylation sites is 1. The Morgan fingerprint density at radius 2 is 1.80 bits per heavy atom. The van der Waals surface area contributed by atoms with E-state index in [-0.39, 0.29) is 11.5 Å². The van der Waals surface area contributed by atoms with Gasteiger partial charge in [-0.3, -0.25) is 14.2 Å². The molecule has 0 spiro atoms. The molecular weight excluding hydrogens is 396 g/mol. The van der Waals surface area contributed by atoms with E-state index in [4.69, 9.17) is 4.98 Å². The number of fused-ring (bicyclic) bond motifs is 2. The number of benzene rings is 1.